The van der Waals surface area contributed by atoms with Gasteiger partial charge < -0.3 is 0 Å². The molecule has 1 aliphatic rings. The Bertz CT molecular complexity index is 49.0. The molecule has 0 aliphatic carbocycles. The van der Waals surface area contributed by atoms with Gasteiger partial charge in [0, 0.05) is 12.8 Å². The highest BCUT2D eigenvalue weighted by molar-refractivity contribution is 5.50. The van der Waals surface area contributed by atoms with Gasteiger partial charge in [0.05, 0.1) is 0 Å². The molecule has 1 aliphatic heterocycles. The first kappa shape index (κ1) is 3.85. The average Bonchev–Trinajstić information content (AvgIpc) is 1.72. The van der Waals surface area contributed by atoms with E-state index in [2.05, 4.69) is 11.2 Å². The molecule has 34 valence electrons. The van der Waals surface area contributed by atoms with E-state index in [4.69, 9.17) is 0 Å². The molecule has 1 rings (SSSR count). The summed E-state index contributed by atoms with van der Waals surface area (Å²) in [6.07, 6.45) is 6.15. The number of hydrogen-bond acceptors (Lipinski definition) is 0. The fourth-order valence-electron chi connectivity index (χ4n) is 0.678. The topological polar surface area (TPSA) is 14.0 Å². The molecular formula is C5H10N+. The smallest absolute Gasteiger partial charge is 0.140 e. The molecule has 0 spiro atoms. The van der Waals surface area contributed by atoms with E-state index in [1.807, 2.05) is 0 Å². The Morgan fingerprint density at radius 3 is 2.50 bits per heavy atom. The maximum atomic E-state index is 3.16. The van der Waals surface area contributed by atoms with Gasteiger partial charge in [0.15, 0.2) is 0 Å². The Morgan fingerprint density at radius 2 is 2.33 bits per heavy atom. The van der Waals surface area contributed by atoms with Crippen LogP contribution in [0.1, 0.15) is 19.3 Å². The molecule has 0 saturated carbocycles. The minimum atomic E-state index is 1.19. The Balaban J connectivity index is 2.26. The number of hydrogen-bond donors (Lipinski definition) is 1. The average molecular weight is 86.1 g/mol. The first-order valence-corrected chi connectivity index (χ1v) is 2.55. The normalized spacial score (nSPS) is 21.3. The molecule has 0 saturated heterocycles. The van der Waals surface area contributed by atoms with Gasteiger partial charge in [-0.1, -0.05) is 0 Å². The molecule has 0 atom stereocenters. The number of nitrogens with one attached hydrogen (secondary N) is 1. The van der Waals surface area contributed by atoms with Crippen LogP contribution in [0.15, 0.2) is 0 Å². The van der Waals surface area contributed by atoms with Gasteiger partial charge >= 0.3 is 0 Å². The molecule has 1 nitrogen and oxygen atoms in total. The van der Waals surface area contributed by atoms with E-state index in [1.165, 1.54) is 25.8 Å². The van der Waals surface area contributed by atoms with Gasteiger partial charge in [-0.3, -0.25) is 4.99 Å². The lowest BCUT2D eigenvalue weighted by atomic mass is 10.4. The van der Waals surface area contributed by atoms with Crippen LogP contribution in [0, 0.1) is 0 Å². The maximum Gasteiger partial charge on any atom is 0.140 e. The van der Waals surface area contributed by atoms with Crippen LogP contribution in [-0.4, -0.2) is 12.8 Å². The van der Waals surface area contributed by atoms with E-state index in [9.17, 15) is 0 Å². The van der Waals surface area contributed by atoms with Crippen molar-refractivity contribution in [3.05, 3.63) is 0 Å². The van der Waals surface area contributed by atoms with Crippen LogP contribution in [0.5, 0.6) is 0 Å². The molecule has 0 bridgehead atoms. The second-order valence-corrected chi connectivity index (χ2v) is 1.65. The lowest BCUT2D eigenvalue weighted by Gasteiger charge is -1.91. The molecule has 1 N–H and O–H groups in total. The van der Waals surface area contributed by atoms with Crippen LogP contribution in [-0.2, 0) is 0 Å². The Labute approximate surface area is 38.1 Å². The molecular weight excluding hydrogens is 76.0 g/mol. The van der Waals surface area contributed by atoms with Crippen LogP contribution in [0.4, 0.5) is 0 Å². The van der Waals surface area contributed by atoms with E-state index in [1.54, 1.807) is 0 Å². The molecule has 0 aromatic rings. The molecule has 0 fully saturated rings. The molecule has 0 unspecified atom stereocenters. The van der Waals surface area contributed by atoms with Gasteiger partial charge in [0.2, 0.25) is 0 Å². The predicted molar refractivity (Wildman–Crippen MR) is 25.7 cm³/mol. The predicted octanol–water partition coefficient (Wildman–Crippen LogP) is -0.678. The van der Waals surface area contributed by atoms with Gasteiger partial charge in [-0.2, -0.15) is 0 Å². The van der Waals surface area contributed by atoms with Crippen molar-refractivity contribution < 1.29 is 4.99 Å². The summed E-state index contributed by atoms with van der Waals surface area (Å²) in [7, 11) is 0. The van der Waals surface area contributed by atoms with Gasteiger partial charge in [-0.05, 0) is 6.42 Å². The van der Waals surface area contributed by atoms with Crippen molar-refractivity contribution in [2.45, 2.75) is 19.3 Å². The van der Waals surface area contributed by atoms with Crippen molar-refractivity contribution in [2.75, 3.05) is 6.54 Å². The van der Waals surface area contributed by atoms with E-state index < -0.39 is 0 Å². The highest BCUT2D eigenvalue weighted by atomic mass is 15.0. The molecule has 1 heterocycles. The quantitative estimate of drug-likeness (QED) is 0.375. The van der Waals surface area contributed by atoms with Crippen LogP contribution < -0.4 is 4.99 Å². The van der Waals surface area contributed by atoms with E-state index in [0.717, 1.165) is 0 Å². The maximum absolute atomic E-state index is 3.16. The third-order valence-corrected chi connectivity index (χ3v) is 1.06. The third kappa shape index (κ3) is 0.814. The lowest BCUT2D eigenvalue weighted by Crippen LogP contribution is -2.70. The second-order valence-electron chi connectivity index (χ2n) is 1.65. The molecule has 0 aromatic heterocycles. The summed E-state index contributed by atoms with van der Waals surface area (Å²) < 4.78 is 0. The van der Waals surface area contributed by atoms with Crippen LogP contribution >= 0.6 is 0 Å². The van der Waals surface area contributed by atoms with E-state index in [0.29, 0.717) is 0 Å². The molecule has 0 aromatic carbocycles. The first-order valence-electron chi connectivity index (χ1n) is 2.55. The standard InChI is InChI=1S/C5H9N/c1-2-4-6-5-3-1/h4H,1-3,5H2/p+1/i3+1,5+1. The van der Waals surface area contributed by atoms with E-state index in [-0.39, 0.29) is 0 Å². The SMILES string of the molecule is C1=[NH+][13CH2][13CH2]CC1. The Morgan fingerprint density at radius 1 is 1.33 bits per heavy atom. The summed E-state index contributed by atoms with van der Waals surface area (Å²) in [6.45, 7) is 1.19. The van der Waals surface area contributed by atoms with Crippen molar-refractivity contribution >= 4 is 6.21 Å². The minimum absolute atomic E-state index is 1.19. The monoisotopic (exact) mass is 86.1 g/mol. The summed E-state index contributed by atoms with van der Waals surface area (Å²) in [4.78, 5) is 3.16. The third-order valence-electron chi connectivity index (χ3n) is 1.06. The van der Waals surface area contributed by atoms with E-state index >= 15 is 0 Å². The second kappa shape index (κ2) is 1.96. The fourth-order valence-corrected chi connectivity index (χ4v) is 0.678. The van der Waals surface area contributed by atoms with Crippen molar-refractivity contribution in [1.29, 1.82) is 0 Å². The molecule has 6 heavy (non-hydrogen) atoms. The van der Waals surface area contributed by atoms with Gasteiger partial charge in [0.1, 0.15) is 12.8 Å². The number of rotatable bonds is 0. The van der Waals surface area contributed by atoms with Gasteiger partial charge in [-0.15, -0.1) is 0 Å². The Hall–Kier alpha value is -0.330. The summed E-state index contributed by atoms with van der Waals surface area (Å²) in [6, 6.07) is 0. The minimum Gasteiger partial charge on any atom is -0.252 e. The van der Waals surface area contributed by atoms with Crippen LogP contribution in [0.25, 0.3) is 0 Å². The van der Waals surface area contributed by atoms with Crippen molar-refractivity contribution in [3.8, 4) is 0 Å². The zero-order valence-corrected chi connectivity index (χ0v) is 3.91. The highest BCUT2D eigenvalue weighted by Gasteiger charge is 1.93. The lowest BCUT2D eigenvalue weighted by molar-refractivity contribution is -0.457. The first-order chi connectivity index (χ1) is 3.00. The Kier molecular flexibility index (Phi) is 1.25. The summed E-state index contributed by atoms with van der Waals surface area (Å²) in [5, 5.41) is 0. The summed E-state index contributed by atoms with van der Waals surface area (Å²) in [5.41, 5.74) is 0. The van der Waals surface area contributed by atoms with Gasteiger partial charge in [0.25, 0.3) is 0 Å². The van der Waals surface area contributed by atoms with Crippen LogP contribution in [0.3, 0.4) is 0 Å². The molecule has 1 heteroatoms. The summed E-state index contributed by atoms with van der Waals surface area (Å²) >= 11 is 0. The zero-order chi connectivity index (χ0) is 4.24. The molecule has 0 radical (unpaired) electrons. The van der Waals surface area contributed by atoms with Crippen molar-refractivity contribution in [2.24, 2.45) is 0 Å². The fraction of sp³-hybridized carbons (Fsp3) is 0.800. The van der Waals surface area contributed by atoms with Crippen molar-refractivity contribution in [3.63, 3.8) is 0 Å². The molecule has 0 amide bonds. The summed E-state index contributed by atoms with van der Waals surface area (Å²) in [5.74, 6) is 0. The highest BCUT2D eigenvalue weighted by Crippen LogP contribution is 1.88. The van der Waals surface area contributed by atoms with Crippen LogP contribution in [0.2, 0.25) is 0 Å². The zero-order valence-electron chi connectivity index (χ0n) is 3.91. The van der Waals surface area contributed by atoms with Crippen molar-refractivity contribution in [1.82, 2.24) is 0 Å². The van der Waals surface area contributed by atoms with Gasteiger partial charge in [-0.25, -0.2) is 0 Å². The largest absolute Gasteiger partial charge is 0.252 e.